The second-order valence-corrected chi connectivity index (χ2v) is 9.84. The summed E-state index contributed by atoms with van der Waals surface area (Å²) in [7, 11) is 0. The Hall–Kier alpha value is -2.87. The maximum Gasteiger partial charge on any atom is 0.258 e. The van der Waals surface area contributed by atoms with E-state index in [0.29, 0.717) is 28.6 Å². The normalized spacial score (nSPS) is 19.1. The van der Waals surface area contributed by atoms with Gasteiger partial charge in [0.05, 0.1) is 16.8 Å². The van der Waals surface area contributed by atoms with Crippen LogP contribution in [0.5, 0.6) is 5.75 Å². The molecule has 3 aromatic rings. The van der Waals surface area contributed by atoms with E-state index in [-0.39, 0.29) is 34.4 Å². The van der Waals surface area contributed by atoms with Gasteiger partial charge in [-0.3, -0.25) is 9.20 Å². The molecule has 1 saturated carbocycles. The van der Waals surface area contributed by atoms with E-state index in [1.54, 1.807) is 12.4 Å². The zero-order chi connectivity index (χ0) is 24.7. The molecule has 0 unspecified atom stereocenters. The number of aromatic nitrogens is 3. The highest BCUT2D eigenvalue weighted by molar-refractivity contribution is 6.31. The van der Waals surface area contributed by atoms with Gasteiger partial charge in [-0.25, -0.2) is 14.4 Å². The van der Waals surface area contributed by atoms with Crippen LogP contribution in [-0.4, -0.2) is 32.4 Å². The Bertz CT molecular complexity index is 1240. The summed E-state index contributed by atoms with van der Waals surface area (Å²) in [6, 6.07) is 1.52. The van der Waals surface area contributed by atoms with E-state index >= 15 is 4.39 Å². The molecule has 1 aliphatic rings. The molecular weight excluding hydrogens is 457 g/mol. The molecule has 1 amide bonds. The number of halogens is 2. The van der Waals surface area contributed by atoms with Gasteiger partial charge in [-0.15, -0.1) is 0 Å². The van der Waals surface area contributed by atoms with Crippen molar-refractivity contribution in [1.82, 2.24) is 19.7 Å². The summed E-state index contributed by atoms with van der Waals surface area (Å²) in [5.41, 5.74) is 7.92. The van der Waals surface area contributed by atoms with E-state index in [1.807, 2.05) is 32.1 Å². The number of fused-ring (bicyclic) bond motifs is 1. The van der Waals surface area contributed by atoms with Crippen molar-refractivity contribution in [2.24, 2.45) is 5.92 Å². The highest BCUT2D eigenvalue weighted by Gasteiger charge is 2.32. The third-order valence-corrected chi connectivity index (χ3v) is 6.87. The molecule has 7 nitrogen and oxygen atoms in total. The quantitative estimate of drug-likeness (QED) is 0.494. The van der Waals surface area contributed by atoms with Gasteiger partial charge in [-0.1, -0.05) is 31.9 Å². The summed E-state index contributed by atoms with van der Waals surface area (Å²) >= 11 is 6.33. The number of rotatable bonds is 6. The molecule has 1 aromatic carbocycles. The lowest BCUT2D eigenvalue weighted by Crippen LogP contribution is -2.37. The van der Waals surface area contributed by atoms with Crippen LogP contribution in [0.25, 0.3) is 5.52 Å². The first-order chi connectivity index (χ1) is 16.1. The molecule has 3 N–H and O–H groups in total. The summed E-state index contributed by atoms with van der Waals surface area (Å²) < 4.78 is 23.3. The van der Waals surface area contributed by atoms with Gasteiger partial charge in [0.1, 0.15) is 28.5 Å². The first-order valence-electron chi connectivity index (χ1n) is 11.7. The van der Waals surface area contributed by atoms with Crippen molar-refractivity contribution in [1.29, 1.82) is 0 Å². The molecule has 4 rings (SSSR count). The zero-order valence-electron chi connectivity index (χ0n) is 20.2. The summed E-state index contributed by atoms with van der Waals surface area (Å²) in [6.07, 6.45) is 6.03. The molecule has 3 atom stereocenters. The first kappa shape index (κ1) is 24.3. The van der Waals surface area contributed by atoms with Crippen molar-refractivity contribution in [3.05, 3.63) is 51.9 Å². The standard InChI is InChI=1S/C25H31ClFN5O2/c1-12(2)34-22-16(14(4)24-30-15(5)21-23(28)29-9-10-32(21)24)11-17(26)20(27)19(22)25(33)31-18-8-6-7-13(18)3/h9-14,18H,6-8H2,1-5H3,(H2,28,29)(H,31,33)/t13-,14-,18-/m0/s1. The van der Waals surface area contributed by atoms with Gasteiger partial charge in [-0.2, -0.15) is 0 Å². The molecule has 0 spiro atoms. The number of nitrogen functional groups attached to an aromatic ring is 1. The van der Waals surface area contributed by atoms with E-state index in [4.69, 9.17) is 27.1 Å². The number of aryl methyl sites for hydroxylation is 1. The molecule has 0 bridgehead atoms. The number of carbonyl (C=O) groups excluding carboxylic acids is 1. The number of nitrogens with two attached hydrogens (primary N) is 1. The molecule has 34 heavy (non-hydrogen) atoms. The predicted octanol–water partition coefficient (Wildman–Crippen LogP) is 5.27. The van der Waals surface area contributed by atoms with Gasteiger partial charge >= 0.3 is 0 Å². The van der Waals surface area contributed by atoms with Gasteiger partial charge in [0.2, 0.25) is 0 Å². The molecule has 0 radical (unpaired) electrons. The maximum absolute atomic E-state index is 15.4. The average molecular weight is 488 g/mol. The van der Waals surface area contributed by atoms with E-state index in [0.717, 1.165) is 25.0 Å². The second kappa shape index (κ2) is 9.41. The Morgan fingerprint density at radius 2 is 2.09 bits per heavy atom. The third kappa shape index (κ3) is 4.31. The minimum Gasteiger partial charge on any atom is -0.490 e. The fourth-order valence-corrected chi connectivity index (χ4v) is 5.04. The summed E-state index contributed by atoms with van der Waals surface area (Å²) in [5, 5.41) is 2.87. The Labute approximate surface area is 203 Å². The third-order valence-electron chi connectivity index (χ3n) is 6.60. The minimum absolute atomic E-state index is 0.00646. The molecular formula is C25H31ClFN5O2. The van der Waals surface area contributed by atoms with Crippen molar-refractivity contribution in [3.63, 3.8) is 0 Å². The van der Waals surface area contributed by atoms with Crippen molar-refractivity contribution in [2.45, 2.75) is 71.9 Å². The molecule has 0 saturated heterocycles. The minimum atomic E-state index is -0.783. The number of amides is 1. The fourth-order valence-electron chi connectivity index (χ4n) is 4.83. The number of ether oxygens (including phenoxy) is 1. The number of nitrogens with one attached hydrogen (secondary N) is 1. The van der Waals surface area contributed by atoms with Crippen LogP contribution in [0.15, 0.2) is 18.5 Å². The van der Waals surface area contributed by atoms with Crippen LogP contribution in [0.1, 0.15) is 80.3 Å². The number of hydrogen-bond donors (Lipinski definition) is 2. The van der Waals surface area contributed by atoms with Crippen LogP contribution >= 0.6 is 11.6 Å². The lowest BCUT2D eigenvalue weighted by atomic mass is 9.95. The van der Waals surface area contributed by atoms with Gasteiger partial charge < -0.3 is 15.8 Å². The van der Waals surface area contributed by atoms with Crippen LogP contribution < -0.4 is 15.8 Å². The van der Waals surface area contributed by atoms with Crippen molar-refractivity contribution in [3.8, 4) is 5.75 Å². The van der Waals surface area contributed by atoms with Crippen LogP contribution in [0, 0.1) is 18.7 Å². The Kier molecular flexibility index (Phi) is 6.71. The van der Waals surface area contributed by atoms with Crippen LogP contribution in [0.3, 0.4) is 0 Å². The Morgan fingerprint density at radius 1 is 1.35 bits per heavy atom. The monoisotopic (exact) mass is 487 g/mol. The highest BCUT2D eigenvalue weighted by Crippen LogP contribution is 2.40. The number of benzene rings is 1. The lowest BCUT2D eigenvalue weighted by molar-refractivity contribution is 0.0918. The van der Waals surface area contributed by atoms with Crippen LogP contribution in [0.4, 0.5) is 10.2 Å². The van der Waals surface area contributed by atoms with Crippen molar-refractivity contribution >= 4 is 28.8 Å². The highest BCUT2D eigenvalue weighted by atomic mass is 35.5. The Morgan fingerprint density at radius 3 is 2.74 bits per heavy atom. The van der Waals surface area contributed by atoms with Gasteiger partial charge in [0.15, 0.2) is 5.82 Å². The average Bonchev–Trinajstić information content (AvgIpc) is 3.33. The molecule has 1 aliphatic carbocycles. The first-order valence-corrected chi connectivity index (χ1v) is 12.1. The predicted molar refractivity (Wildman–Crippen MR) is 131 cm³/mol. The smallest absolute Gasteiger partial charge is 0.258 e. The van der Waals surface area contributed by atoms with E-state index in [9.17, 15) is 4.79 Å². The lowest BCUT2D eigenvalue weighted by Gasteiger charge is -2.24. The van der Waals surface area contributed by atoms with E-state index < -0.39 is 11.7 Å². The summed E-state index contributed by atoms with van der Waals surface area (Å²) in [5.74, 6) is -0.135. The molecule has 2 aromatic heterocycles. The molecule has 2 heterocycles. The van der Waals surface area contributed by atoms with Gasteiger partial charge in [0.25, 0.3) is 5.91 Å². The van der Waals surface area contributed by atoms with Gasteiger partial charge in [0, 0.05) is 29.9 Å². The van der Waals surface area contributed by atoms with Crippen molar-refractivity contribution in [2.75, 3.05) is 5.73 Å². The second-order valence-electron chi connectivity index (χ2n) is 9.43. The molecule has 9 heteroatoms. The molecule has 1 fully saturated rings. The summed E-state index contributed by atoms with van der Waals surface area (Å²) in [6.45, 7) is 9.54. The van der Waals surface area contributed by atoms with Crippen LogP contribution in [-0.2, 0) is 0 Å². The number of anilines is 1. The number of carbonyl (C=O) groups is 1. The molecule has 182 valence electrons. The summed E-state index contributed by atoms with van der Waals surface area (Å²) in [4.78, 5) is 22.2. The Balaban J connectivity index is 1.86. The van der Waals surface area contributed by atoms with Gasteiger partial charge in [-0.05, 0) is 45.6 Å². The maximum atomic E-state index is 15.4. The van der Waals surface area contributed by atoms with Crippen molar-refractivity contribution < 1.29 is 13.9 Å². The molecule has 0 aliphatic heterocycles. The SMILES string of the molecule is Cc1nc([C@@H](C)c2cc(Cl)c(F)c(C(=O)N[C@H]3CCC[C@@H]3C)c2OC(C)C)n2ccnc(N)c12. The number of nitrogens with zero attached hydrogens (tertiary/aromatic N) is 3. The fraction of sp³-hybridized carbons (Fsp3) is 0.480. The zero-order valence-corrected chi connectivity index (χ0v) is 20.9. The number of imidazole rings is 1. The van der Waals surface area contributed by atoms with Crippen LogP contribution in [0.2, 0.25) is 5.02 Å². The van der Waals surface area contributed by atoms with E-state index in [2.05, 4.69) is 17.2 Å². The largest absolute Gasteiger partial charge is 0.490 e. The topological polar surface area (TPSA) is 94.5 Å². The number of hydrogen-bond acceptors (Lipinski definition) is 5. The van der Waals surface area contributed by atoms with E-state index in [1.165, 1.54) is 6.07 Å².